The average Bonchev–Trinajstić information content (AvgIpc) is 2.99. The summed E-state index contributed by atoms with van der Waals surface area (Å²) in [5.74, 6) is 0.0482. The van der Waals surface area contributed by atoms with Gasteiger partial charge in [0.1, 0.15) is 5.01 Å². The molecule has 0 saturated heterocycles. The minimum absolute atomic E-state index is 0.0482. The van der Waals surface area contributed by atoms with E-state index in [1.165, 1.54) is 11.3 Å². The van der Waals surface area contributed by atoms with Crippen LogP contribution in [0, 0.1) is 0 Å². The molecule has 0 fully saturated rings. The molecule has 2 aromatic heterocycles. The summed E-state index contributed by atoms with van der Waals surface area (Å²) in [6.45, 7) is 0.916. The number of nitrogens with two attached hydrogens (primary N) is 1. The van der Waals surface area contributed by atoms with E-state index < -0.39 is 0 Å². The van der Waals surface area contributed by atoms with Gasteiger partial charge in [0.15, 0.2) is 0 Å². The molecule has 0 radical (unpaired) electrons. The van der Waals surface area contributed by atoms with Gasteiger partial charge in [-0.3, -0.25) is 4.79 Å². The number of thiazole rings is 1. The number of aromatic nitrogens is 4. The zero-order valence-electron chi connectivity index (χ0n) is 10.9. The molecule has 2 aromatic rings. The molecule has 0 aromatic carbocycles. The average molecular weight is 280 g/mol. The second kappa shape index (κ2) is 5.89. The Morgan fingerprint density at radius 2 is 2.26 bits per heavy atom. The molecule has 0 saturated carbocycles. The van der Waals surface area contributed by atoms with Gasteiger partial charge in [0.05, 0.1) is 30.6 Å². The zero-order chi connectivity index (χ0) is 13.8. The minimum atomic E-state index is 0.0482. The van der Waals surface area contributed by atoms with Gasteiger partial charge in [0.25, 0.3) is 0 Å². The summed E-state index contributed by atoms with van der Waals surface area (Å²) in [7, 11) is 3.47. The van der Waals surface area contributed by atoms with Crippen LogP contribution in [0.15, 0.2) is 11.6 Å². The number of nitrogens with zero attached hydrogens (tertiary/aromatic N) is 5. The van der Waals surface area contributed by atoms with Gasteiger partial charge in [-0.2, -0.15) is 0 Å². The van der Waals surface area contributed by atoms with Crippen molar-refractivity contribution < 1.29 is 4.79 Å². The molecule has 7 nitrogen and oxygen atoms in total. The SMILES string of the molecule is CN(C)C(=O)Cc1nc(Cn2cc(CN)nn2)cs1. The molecule has 2 N–H and O–H groups in total. The van der Waals surface area contributed by atoms with Crippen LogP contribution < -0.4 is 5.73 Å². The quantitative estimate of drug-likeness (QED) is 0.824. The number of hydrogen-bond acceptors (Lipinski definition) is 6. The summed E-state index contributed by atoms with van der Waals surface area (Å²) in [6.07, 6.45) is 2.13. The minimum Gasteiger partial charge on any atom is -0.348 e. The molecule has 2 rings (SSSR count). The molecule has 0 spiro atoms. The fraction of sp³-hybridized carbons (Fsp3) is 0.455. The van der Waals surface area contributed by atoms with E-state index in [-0.39, 0.29) is 5.91 Å². The maximum atomic E-state index is 11.6. The Morgan fingerprint density at radius 1 is 1.47 bits per heavy atom. The topological polar surface area (TPSA) is 89.9 Å². The second-order valence-corrected chi connectivity index (χ2v) is 5.25. The Labute approximate surface area is 115 Å². The smallest absolute Gasteiger partial charge is 0.228 e. The van der Waals surface area contributed by atoms with Crippen molar-refractivity contribution in [2.75, 3.05) is 14.1 Å². The fourth-order valence-electron chi connectivity index (χ4n) is 1.47. The Morgan fingerprint density at radius 3 is 2.89 bits per heavy atom. The van der Waals surface area contributed by atoms with E-state index in [4.69, 9.17) is 5.73 Å². The van der Waals surface area contributed by atoms with Crippen LogP contribution in [0.3, 0.4) is 0 Å². The van der Waals surface area contributed by atoms with Crippen LogP contribution in [0.2, 0.25) is 0 Å². The van der Waals surface area contributed by atoms with Crippen molar-refractivity contribution >= 4 is 17.2 Å². The lowest BCUT2D eigenvalue weighted by atomic mass is 10.4. The van der Waals surface area contributed by atoms with Crippen molar-refractivity contribution in [3.63, 3.8) is 0 Å². The first-order chi connectivity index (χ1) is 9.08. The standard InChI is InChI=1S/C11H16N6OS/c1-16(2)11(18)3-10-13-9(7-19-10)6-17-5-8(4-12)14-15-17/h5,7H,3-4,6,12H2,1-2H3. The summed E-state index contributed by atoms with van der Waals surface area (Å²) < 4.78 is 1.69. The van der Waals surface area contributed by atoms with E-state index in [0.717, 1.165) is 16.4 Å². The van der Waals surface area contributed by atoms with Gasteiger partial charge in [0.2, 0.25) is 5.91 Å². The lowest BCUT2D eigenvalue weighted by Crippen LogP contribution is -2.23. The van der Waals surface area contributed by atoms with Gasteiger partial charge in [-0.05, 0) is 0 Å². The van der Waals surface area contributed by atoms with Crippen LogP contribution in [0.5, 0.6) is 0 Å². The number of carbonyl (C=O) groups excluding carboxylic acids is 1. The first-order valence-corrected chi connectivity index (χ1v) is 6.69. The van der Waals surface area contributed by atoms with Crippen molar-refractivity contribution in [1.82, 2.24) is 24.9 Å². The van der Waals surface area contributed by atoms with Gasteiger partial charge >= 0.3 is 0 Å². The van der Waals surface area contributed by atoms with Crippen molar-refractivity contribution in [2.45, 2.75) is 19.5 Å². The summed E-state index contributed by atoms with van der Waals surface area (Å²) in [5, 5.41) is 10.6. The zero-order valence-corrected chi connectivity index (χ0v) is 11.7. The van der Waals surface area contributed by atoms with E-state index in [2.05, 4.69) is 15.3 Å². The van der Waals surface area contributed by atoms with Crippen molar-refractivity contribution in [3.8, 4) is 0 Å². The fourth-order valence-corrected chi connectivity index (χ4v) is 2.24. The number of amides is 1. The van der Waals surface area contributed by atoms with E-state index in [0.29, 0.717) is 19.5 Å². The van der Waals surface area contributed by atoms with Crippen LogP contribution in [-0.4, -0.2) is 44.9 Å². The van der Waals surface area contributed by atoms with Gasteiger partial charge in [-0.15, -0.1) is 16.4 Å². The Bertz CT molecular complexity index is 561. The lowest BCUT2D eigenvalue weighted by molar-refractivity contribution is -0.127. The van der Waals surface area contributed by atoms with E-state index in [1.54, 1.807) is 29.9 Å². The third kappa shape index (κ3) is 3.58. The van der Waals surface area contributed by atoms with Gasteiger partial charge in [0, 0.05) is 26.0 Å². The molecule has 102 valence electrons. The van der Waals surface area contributed by atoms with Crippen LogP contribution in [0.1, 0.15) is 16.4 Å². The molecular weight excluding hydrogens is 264 g/mol. The first kappa shape index (κ1) is 13.6. The van der Waals surface area contributed by atoms with Crippen molar-refractivity contribution in [1.29, 1.82) is 0 Å². The highest BCUT2D eigenvalue weighted by molar-refractivity contribution is 7.09. The molecule has 0 atom stereocenters. The molecule has 0 unspecified atom stereocenters. The summed E-state index contributed by atoms with van der Waals surface area (Å²) in [6, 6.07) is 0. The van der Waals surface area contributed by atoms with Crippen LogP contribution in [0.4, 0.5) is 0 Å². The van der Waals surface area contributed by atoms with Crippen LogP contribution in [0.25, 0.3) is 0 Å². The highest BCUT2D eigenvalue weighted by atomic mass is 32.1. The molecule has 1 amide bonds. The maximum absolute atomic E-state index is 11.6. The van der Waals surface area contributed by atoms with Gasteiger partial charge in [-0.1, -0.05) is 5.21 Å². The molecular formula is C11H16N6OS. The molecule has 0 aliphatic carbocycles. The van der Waals surface area contributed by atoms with E-state index in [9.17, 15) is 4.79 Å². The first-order valence-electron chi connectivity index (χ1n) is 5.81. The van der Waals surface area contributed by atoms with Crippen LogP contribution in [-0.2, 0) is 24.3 Å². The number of rotatable bonds is 5. The Balaban J connectivity index is 1.99. The highest BCUT2D eigenvalue weighted by Crippen LogP contribution is 2.12. The van der Waals surface area contributed by atoms with E-state index in [1.807, 2.05) is 5.38 Å². The molecule has 0 aliphatic heterocycles. The van der Waals surface area contributed by atoms with Gasteiger partial charge < -0.3 is 10.6 Å². The van der Waals surface area contributed by atoms with E-state index >= 15 is 0 Å². The third-order valence-electron chi connectivity index (χ3n) is 2.52. The number of hydrogen-bond donors (Lipinski definition) is 1. The second-order valence-electron chi connectivity index (χ2n) is 4.31. The monoisotopic (exact) mass is 280 g/mol. The molecule has 2 heterocycles. The molecule has 0 bridgehead atoms. The summed E-state index contributed by atoms with van der Waals surface area (Å²) in [4.78, 5) is 17.5. The molecule has 19 heavy (non-hydrogen) atoms. The maximum Gasteiger partial charge on any atom is 0.228 e. The predicted octanol–water partition coefficient (Wildman–Crippen LogP) is -0.128. The normalized spacial score (nSPS) is 10.7. The van der Waals surface area contributed by atoms with Crippen molar-refractivity contribution in [2.24, 2.45) is 5.73 Å². The predicted molar refractivity (Wildman–Crippen MR) is 71.5 cm³/mol. The highest BCUT2D eigenvalue weighted by Gasteiger charge is 2.10. The third-order valence-corrected chi connectivity index (χ3v) is 3.42. The van der Waals surface area contributed by atoms with Gasteiger partial charge in [-0.25, -0.2) is 9.67 Å². The lowest BCUT2D eigenvalue weighted by Gasteiger charge is -2.07. The molecule has 8 heteroatoms. The Kier molecular flexibility index (Phi) is 4.23. The Hall–Kier alpha value is -1.80. The summed E-state index contributed by atoms with van der Waals surface area (Å²) >= 11 is 1.48. The number of likely N-dealkylation sites (N-methyl/N-ethyl adjacent to an activating group) is 1. The van der Waals surface area contributed by atoms with Crippen molar-refractivity contribution in [3.05, 3.63) is 28.0 Å². The van der Waals surface area contributed by atoms with Crippen LogP contribution >= 0.6 is 11.3 Å². The summed E-state index contributed by atoms with van der Waals surface area (Å²) in [5.41, 5.74) is 7.10. The number of carbonyl (C=O) groups is 1. The molecule has 0 aliphatic rings. The largest absolute Gasteiger partial charge is 0.348 e.